The summed E-state index contributed by atoms with van der Waals surface area (Å²) in [6.45, 7) is 2.47. The highest BCUT2D eigenvalue weighted by molar-refractivity contribution is 7.09. The van der Waals surface area contributed by atoms with Gasteiger partial charge in [-0.25, -0.2) is 9.97 Å². The quantitative estimate of drug-likeness (QED) is 0.546. The molecule has 3 aromatic rings. The lowest BCUT2D eigenvalue weighted by atomic mass is 10.1. The lowest BCUT2D eigenvalue weighted by molar-refractivity contribution is 0.524. The smallest absolute Gasteiger partial charge is 0.177 e. The van der Waals surface area contributed by atoms with Crippen LogP contribution in [-0.4, -0.2) is 16.0 Å². The summed E-state index contributed by atoms with van der Waals surface area (Å²) in [6, 6.07) is 1.65. The maximum atomic E-state index is 6.13. The van der Waals surface area contributed by atoms with E-state index in [1.54, 1.807) is 23.6 Å². The van der Waals surface area contributed by atoms with Crippen LogP contribution in [0.15, 0.2) is 22.1 Å². The van der Waals surface area contributed by atoms with Crippen molar-refractivity contribution in [3.63, 3.8) is 0 Å². The normalized spacial score (nSPS) is 12.3. The number of nitrogens with zero attached hydrogens (tertiary/aromatic N) is 2. The highest BCUT2D eigenvalue weighted by Crippen LogP contribution is 2.32. The zero-order valence-electron chi connectivity index (χ0n) is 12.5. The summed E-state index contributed by atoms with van der Waals surface area (Å²) in [5, 5.41) is 6.52. The van der Waals surface area contributed by atoms with E-state index in [1.165, 1.54) is 0 Å². The van der Waals surface area contributed by atoms with Gasteiger partial charge in [0.1, 0.15) is 21.4 Å². The van der Waals surface area contributed by atoms with Gasteiger partial charge in [-0.1, -0.05) is 17.5 Å². The van der Waals surface area contributed by atoms with Crippen LogP contribution in [0, 0.1) is 12.3 Å². The second-order valence-corrected chi connectivity index (χ2v) is 6.54. The fourth-order valence-corrected chi connectivity index (χ4v) is 3.06. The van der Waals surface area contributed by atoms with Crippen LogP contribution in [0.5, 0.6) is 0 Å². The molecule has 0 fully saturated rings. The van der Waals surface area contributed by atoms with Crippen LogP contribution in [0.1, 0.15) is 23.3 Å². The highest BCUT2D eigenvalue weighted by atomic mass is 35.5. The molecule has 0 bridgehead atoms. The zero-order valence-corrected chi connectivity index (χ0v) is 14.0. The molecule has 0 aliphatic heterocycles. The Balaban J connectivity index is 2.03. The number of hydrogen-bond donors (Lipinski definition) is 2. The summed E-state index contributed by atoms with van der Waals surface area (Å²) in [5.41, 5.74) is 8.38. The molecule has 5 nitrogen and oxygen atoms in total. The fraction of sp³-hybridized carbons (Fsp3) is 0.250. The highest BCUT2D eigenvalue weighted by Gasteiger charge is 2.19. The summed E-state index contributed by atoms with van der Waals surface area (Å²) in [4.78, 5) is 8.56. The molecule has 3 rings (SSSR count). The molecule has 7 heteroatoms. The molecular formula is C16H15ClN4OS. The van der Waals surface area contributed by atoms with Crippen molar-refractivity contribution in [1.29, 1.82) is 0 Å². The molecule has 3 aromatic heterocycles. The molecule has 0 unspecified atom stereocenters. The summed E-state index contributed by atoms with van der Waals surface area (Å²) >= 11 is 7.70. The van der Waals surface area contributed by atoms with Gasteiger partial charge in [0.2, 0.25) is 0 Å². The van der Waals surface area contributed by atoms with E-state index in [0.29, 0.717) is 40.5 Å². The molecule has 0 amide bonds. The van der Waals surface area contributed by atoms with Gasteiger partial charge < -0.3 is 15.5 Å². The molecule has 23 heavy (non-hydrogen) atoms. The van der Waals surface area contributed by atoms with Crippen molar-refractivity contribution in [2.45, 2.75) is 25.9 Å². The molecule has 0 aromatic carbocycles. The number of hydrogen-bond acceptors (Lipinski definition) is 6. The number of nitrogens with two attached hydrogens (primary N) is 1. The van der Waals surface area contributed by atoms with Crippen molar-refractivity contribution >= 4 is 39.7 Å². The van der Waals surface area contributed by atoms with Gasteiger partial charge in [-0.2, -0.15) is 0 Å². The van der Waals surface area contributed by atoms with E-state index in [9.17, 15) is 0 Å². The SMILES string of the molecule is C#Cc1c(C[C@H](C)N)oc2c(NCc3nccs3)cc(Cl)nc12. The van der Waals surface area contributed by atoms with Gasteiger partial charge >= 0.3 is 0 Å². The molecule has 0 aliphatic carbocycles. The minimum atomic E-state index is -0.0649. The minimum Gasteiger partial charge on any atom is -0.456 e. The standard InChI is InChI=1S/C16H15ClN4OS/c1-3-10-12(6-9(2)18)22-16-11(7-13(17)21-15(10)16)20-8-14-19-4-5-23-14/h1,4-5,7,9H,6,8,18H2,2H3,(H,20,21)/t9-/m0/s1. The summed E-state index contributed by atoms with van der Waals surface area (Å²) in [5.74, 6) is 3.30. The Hall–Kier alpha value is -2.07. The van der Waals surface area contributed by atoms with Crippen LogP contribution in [0.2, 0.25) is 5.15 Å². The number of halogens is 1. The van der Waals surface area contributed by atoms with E-state index >= 15 is 0 Å². The Bertz CT molecular complexity index is 864. The number of nitrogens with one attached hydrogen (secondary N) is 1. The molecule has 0 spiro atoms. The molecular weight excluding hydrogens is 332 g/mol. The van der Waals surface area contributed by atoms with Gasteiger partial charge in [0.25, 0.3) is 0 Å². The molecule has 1 atom stereocenters. The van der Waals surface area contributed by atoms with Crippen molar-refractivity contribution in [2.24, 2.45) is 5.73 Å². The first-order chi connectivity index (χ1) is 11.1. The molecule has 0 saturated carbocycles. The number of furan rings is 1. The Morgan fingerprint density at radius 2 is 2.39 bits per heavy atom. The third kappa shape index (κ3) is 3.32. The van der Waals surface area contributed by atoms with Gasteiger partial charge in [0.15, 0.2) is 5.58 Å². The van der Waals surface area contributed by atoms with Crippen molar-refractivity contribution < 1.29 is 4.42 Å². The first kappa shape index (κ1) is 15.8. The number of thiazole rings is 1. The number of terminal acetylenes is 1. The molecule has 0 aliphatic rings. The van der Waals surface area contributed by atoms with Gasteiger partial charge in [0, 0.05) is 30.1 Å². The van der Waals surface area contributed by atoms with Gasteiger partial charge in [-0.15, -0.1) is 17.8 Å². The number of anilines is 1. The third-order valence-corrected chi connectivity index (χ3v) is 4.22. The molecule has 3 heterocycles. The lowest BCUT2D eigenvalue weighted by Crippen LogP contribution is -2.17. The topological polar surface area (TPSA) is 77.0 Å². The van der Waals surface area contributed by atoms with E-state index in [-0.39, 0.29) is 6.04 Å². The molecule has 118 valence electrons. The van der Waals surface area contributed by atoms with Crippen molar-refractivity contribution in [2.75, 3.05) is 5.32 Å². The Kier molecular flexibility index (Phi) is 4.53. The Morgan fingerprint density at radius 1 is 1.57 bits per heavy atom. The van der Waals surface area contributed by atoms with Crippen molar-refractivity contribution in [1.82, 2.24) is 9.97 Å². The predicted molar refractivity (Wildman–Crippen MR) is 93.7 cm³/mol. The third-order valence-electron chi connectivity index (χ3n) is 3.25. The van der Waals surface area contributed by atoms with Crippen LogP contribution in [0.3, 0.4) is 0 Å². The summed E-state index contributed by atoms with van der Waals surface area (Å²) in [7, 11) is 0. The van der Waals surface area contributed by atoms with Gasteiger partial charge in [-0.3, -0.25) is 0 Å². The maximum absolute atomic E-state index is 6.13. The summed E-state index contributed by atoms with van der Waals surface area (Å²) < 4.78 is 5.93. The van der Waals surface area contributed by atoms with Gasteiger partial charge in [-0.05, 0) is 6.92 Å². The van der Waals surface area contributed by atoms with E-state index in [0.717, 1.165) is 10.7 Å². The van der Waals surface area contributed by atoms with Crippen LogP contribution < -0.4 is 11.1 Å². The monoisotopic (exact) mass is 346 g/mol. The largest absolute Gasteiger partial charge is 0.456 e. The Labute approximate surface area is 142 Å². The van der Waals surface area contributed by atoms with E-state index in [4.69, 9.17) is 28.2 Å². The number of aromatic nitrogens is 2. The minimum absolute atomic E-state index is 0.0649. The summed E-state index contributed by atoms with van der Waals surface area (Å²) in [6.07, 6.45) is 7.93. The Morgan fingerprint density at radius 3 is 3.04 bits per heavy atom. The first-order valence-electron chi connectivity index (χ1n) is 7.05. The average molecular weight is 347 g/mol. The van der Waals surface area contributed by atoms with Crippen molar-refractivity contribution in [3.8, 4) is 12.3 Å². The van der Waals surface area contributed by atoms with E-state index in [2.05, 4.69) is 21.2 Å². The van der Waals surface area contributed by atoms with Crippen LogP contribution in [0.25, 0.3) is 11.1 Å². The first-order valence-corrected chi connectivity index (χ1v) is 8.30. The van der Waals surface area contributed by atoms with E-state index in [1.807, 2.05) is 12.3 Å². The predicted octanol–water partition coefficient (Wildman–Crippen LogP) is 3.42. The second-order valence-electron chi connectivity index (χ2n) is 5.18. The average Bonchev–Trinajstić information content (AvgIpc) is 3.11. The zero-order chi connectivity index (χ0) is 16.4. The lowest BCUT2D eigenvalue weighted by Gasteiger charge is -2.05. The van der Waals surface area contributed by atoms with Crippen LogP contribution >= 0.6 is 22.9 Å². The second kappa shape index (κ2) is 6.59. The van der Waals surface area contributed by atoms with Gasteiger partial charge in [0.05, 0.1) is 17.8 Å². The van der Waals surface area contributed by atoms with E-state index < -0.39 is 0 Å². The molecule has 3 N–H and O–H groups in total. The van der Waals surface area contributed by atoms with Crippen molar-refractivity contribution in [3.05, 3.63) is 39.1 Å². The molecule has 0 radical (unpaired) electrons. The van der Waals surface area contributed by atoms with Crippen LogP contribution in [-0.2, 0) is 13.0 Å². The molecule has 0 saturated heterocycles. The fourth-order valence-electron chi connectivity index (χ4n) is 2.31. The number of fused-ring (bicyclic) bond motifs is 1. The van der Waals surface area contributed by atoms with Crippen LogP contribution in [0.4, 0.5) is 5.69 Å². The number of rotatable bonds is 5. The number of pyridine rings is 1. The maximum Gasteiger partial charge on any atom is 0.177 e.